The zero-order chi connectivity index (χ0) is 19.7. The molecule has 0 amide bonds. The van der Waals surface area contributed by atoms with Gasteiger partial charge >= 0.3 is 0 Å². The fraction of sp³-hybridized carbons (Fsp3) is 0.789. The molecule has 1 aromatic rings. The molecule has 8 nitrogen and oxygen atoms in total. The molecular weight excluding hydrogens is 342 g/mol. The number of aliphatic imine (C=N–C) groups is 1. The molecule has 0 radical (unpaired) electrons. The van der Waals surface area contributed by atoms with E-state index in [0.717, 1.165) is 50.7 Å². The van der Waals surface area contributed by atoms with Crippen molar-refractivity contribution in [2.24, 2.45) is 12.0 Å². The predicted octanol–water partition coefficient (Wildman–Crippen LogP) is 0.210. The minimum Gasteiger partial charge on any atom is -0.383 e. The third-order valence-corrected chi connectivity index (χ3v) is 4.97. The lowest BCUT2D eigenvalue weighted by Crippen LogP contribution is -2.40. The predicted molar refractivity (Wildman–Crippen MR) is 110 cm³/mol. The molecule has 1 aromatic heterocycles. The highest BCUT2D eigenvalue weighted by Gasteiger charge is 2.24. The van der Waals surface area contributed by atoms with E-state index in [0.29, 0.717) is 0 Å². The number of rotatable bonds is 8. The van der Waals surface area contributed by atoms with Crippen molar-refractivity contribution in [1.29, 1.82) is 0 Å². The summed E-state index contributed by atoms with van der Waals surface area (Å²) in [5, 5.41) is 21.4. The first-order valence-corrected chi connectivity index (χ1v) is 10.1. The van der Waals surface area contributed by atoms with Crippen LogP contribution in [0.1, 0.15) is 32.3 Å². The summed E-state index contributed by atoms with van der Waals surface area (Å²) < 4.78 is 1.69. The van der Waals surface area contributed by atoms with Crippen LogP contribution in [0.5, 0.6) is 0 Å². The number of aliphatic hydroxyl groups is 1. The molecule has 154 valence electrons. The summed E-state index contributed by atoms with van der Waals surface area (Å²) in [6, 6.07) is 0. The summed E-state index contributed by atoms with van der Waals surface area (Å²) in [6.45, 7) is 11.6. The van der Waals surface area contributed by atoms with Crippen LogP contribution in [-0.2, 0) is 12.6 Å². The van der Waals surface area contributed by atoms with E-state index in [1.807, 2.05) is 20.2 Å². The van der Waals surface area contributed by atoms with Crippen molar-refractivity contribution in [2.75, 3.05) is 59.4 Å². The number of aryl methyl sites for hydroxylation is 1. The Morgan fingerprint density at radius 2 is 2.07 bits per heavy atom. The van der Waals surface area contributed by atoms with Crippen LogP contribution in [0.25, 0.3) is 0 Å². The zero-order valence-corrected chi connectivity index (χ0v) is 17.4. The molecule has 1 aliphatic heterocycles. The van der Waals surface area contributed by atoms with Gasteiger partial charge in [-0.25, -0.2) is 4.99 Å². The Balaban J connectivity index is 1.77. The molecule has 1 unspecified atom stereocenters. The summed E-state index contributed by atoms with van der Waals surface area (Å²) in [5.74, 6) is 0.747. The summed E-state index contributed by atoms with van der Waals surface area (Å²) >= 11 is 0. The Hall–Kier alpha value is -1.64. The zero-order valence-electron chi connectivity index (χ0n) is 17.4. The van der Waals surface area contributed by atoms with E-state index < -0.39 is 5.60 Å². The third-order valence-electron chi connectivity index (χ3n) is 4.97. The first-order valence-electron chi connectivity index (χ1n) is 10.1. The summed E-state index contributed by atoms with van der Waals surface area (Å²) in [7, 11) is 4.04. The molecule has 0 bridgehead atoms. The number of guanidine groups is 1. The second-order valence-corrected chi connectivity index (χ2v) is 7.65. The van der Waals surface area contributed by atoms with Gasteiger partial charge in [-0.1, -0.05) is 0 Å². The van der Waals surface area contributed by atoms with Gasteiger partial charge in [0.25, 0.3) is 0 Å². The van der Waals surface area contributed by atoms with Gasteiger partial charge in [-0.3, -0.25) is 4.68 Å². The second kappa shape index (κ2) is 10.6. The first-order chi connectivity index (χ1) is 12.9. The van der Waals surface area contributed by atoms with Gasteiger partial charge in [0.2, 0.25) is 0 Å². The van der Waals surface area contributed by atoms with E-state index in [1.165, 1.54) is 19.5 Å². The van der Waals surface area contributed by atoms with Crippen molar-refractivity contribution in [3.63, 3.8) is 0 Å². The summed E-state index contributed by atoms with van der Waals surface area (Å²) in [4.78, 5) is 9.52. The first kappa shape index (κ1) is 21.7. The molecule has 8 heteroatoms. The molecule has 3 N–H and O–H groups in total. The van der Waals surface area contributed by atoms with Crippen LogP contribution in [-0.4, -0.2) is 90.1 Å². The highest BCUT2D eigenvalue weighted by atomic mass is 16.3. The van der Waals surface area contributed by atoms with E-state index in [-0.39, 0.29) is 6.54 Å². The highest BCUT2D eigenvalue weighted by molar-refractivity contribution is 5.79. The SMILES string of the molecule is CCNC(=NCC(C)(O)c1cnn(C)c1)NCCCN1CCCN(C)CC1. The van der Waals surface area contributed by atoms with E-state index in [9.17, 15) is 5.11 Å². The lowest BCUT2D eigenvalue weighted by Gasteiger charge is -2.21. The Morgan fingerprint density at radius 3 is 2.78 bits per heavy atom. The van der Waals surface area contributed by atoms with Crippen LogP contribution < -0.4 is 10.6 Å². The Labute approximate surface area is 163 Å². The van der Waals surface area contributed by atoms with Crippen molar-refractivity contribution in [2.45, 2.75) is 32.3 Å². The number of likely N-dealkylation sites (N-methyl/N-ethyl adjacent to an activating group) is 1. The second-order valence-electron chi connectivity index (χ2n) is 7.65. The van der Waals surface area contributed by atoms with Crippen molar-refractivity contribution < 1.29 is 5.11 Å². The standard InChI is InChI=1S/C19H37N7O/c1-5-20-18(22-16-19(2,27)17-14-23-25(4)15-17)21-8-6-10-26-11-7-9-24(3)12-13-26/h14-15,27H,5-13,16H2,1-4H3,(H2,20,21,22). The maximum atomic E-state index is 10.7. The van der Waals surface area contributed by atoms with Crippen molar-refractivity contribution in [1.82, 2.24) is 30.2 Å². The number of hydrogen-bond donors (Lipinski definition) is 3. The molecule has 0 spiro atoms. The van der Waals surface area contributed by atoms with Crippen molar-refractivity contribution in [3.8, 4) is 0 Å². The lowest BCUT2D eigenvalue weighted by atomic mass is 10.0. The average molecular weight is 380 g/mol. The monoisotopic (exact) mass is 379 g/mol. The molecule has 0 aliphatic carbocycles. The van der Waals surface area contributed by atoms with Gasteiger partial charge < -0.3 is 25.5 Å². The molecule has 2 rings (SSSR count). The van der Waals surface area contributed by atoms with Crippen LogP contribution in [0.2, 0.25) is 0 Å². The topological polar surface area (TPSA) is 80.9 Å². The number of nitrogens with zero attached hydrogens (tertiary/aromatic N) is 5. The van der Waals surface area contributed by atoms with Crippen molar-refractivity contribution in [3.05, 3.63) is 18.0 Å². The van der Waals surface area contributed by atoms with Gasteiger partial charge in [-0.05, 0) is 53.4 Å². The Bertz CT molecular complexity index is 584. The molecule has 0 saturated carbocycles. The third kappa shape index (κ3) is 7.48. The van der Waals surface area contributed by atoms with E-state index >= 15 is 0 Å². The fourth-order valence-corrected chi connectivity index (χ4v) is 3.20. The maximum absolute atomic E-state index is 10.7. The molecular formula is C19H37N7O. The van der Waals surface area contributed by atoms with E-state index in [1.54, 1.807) is 17.8 Å². The summed E-state index contributed by atoms with van der Waals surface area (Å²) in [6.07, 6.45) is 5.84. The van der Waals surface area contributed by atoms with Gasteiger partial charge in [0, 0.05) is 45.0 Å². The van der Waals surface area contributed by atoms with Crippen LogP contribution in [0, 0.1) is 0 Å². The van der Waals surface area contributed by atoms with Gasteiger partial charge in [0.05, 0.1) is 12.7 Å². The van der Waals surface area contributed by atoms with Crippen LogP contribution >= 0.6 is 0 Å². The Morgan fingerprint density at radius 1 is 1.26 bits per heavy atom. The number of hydrogen-bond acceptors (Lipinski definition) is 5. The Kier molecular flexibility index (Phi) is 8.53. The normalized spacial score (nSPS) is 19.5. The summed E-state index contributed by atoms with van der Waals surface area (Å²) in [5.41, 5.74) is -0.259. The number of aromatic nitrogens is 2. The minimum atomic E-state index is -1.03. The van der Waals surface area contributed by atoms with Gasteiger partial charge in [-0.15, -0.1) is 0 Å². The quantitative estimate of drug-likeness (QED) is 0.340. The molecule has 2 heterocycles. The fourth-order valence-electron chi connectivity index (χ4n) is 3.20. The smallest absolute Gasteiger partial charge is 0.191 e. The maximum Gasteiger partial charge on any atom is 0.191 e. The molecule has 0 aromatic carbocycles. The molecule has 1 fully saturated rings. The molecule has 1 saturated heterocycles. The molecule has 1 atom stereocenters. The lowest BCUT2D eigenvalue weighted by molar-refractivity contribution is 0.0672. The van der Waals surface area contributed by atoms with E-state index in [4.69, 9.17) is 0 Å². The van der Waals surface area contributed by atoms with Gasteiger partial charge in [-0.2, -0.15) is 5.10 Å². The minimum absolute atomic E-state index is 0.284. The van der Waals surface area contributed by atoms with Crippen LogP contribution in [0.4, 0.5) is 0 Å². The average Bonchev–Trinajstić information content (AvgIpc) is 2.97. The molecule has 1 aliphatic rings. The van der Waals surface area contributed by atoms with E-state index in [2.05, 4.69) is 37.6 Å². The van der Waals surface area contributed by atoms with Crippen LogP contribution in [0.3, 0.4) is 0 Å². The van der Waals surface area contributed by atoms with Crippen LogP contribution in [0.15, 0.2) is 17.4 Å². The molecule has 27 heavy (non-hydrogen) atoms. The highest BCUT2D eigenvalue weighted by Crippen LogP contribution is 2.19. The van der Waals surface area contributed by atoms with Gasteiger partial charge in [0.1, 0.15) is 5.60 Å². The van der Waals surface area contributed by atoms with Gasteiger partial charge in [0.15, 0.2) is 5.96 Å². The number of nitrogens with one attached hydrogen (secondary N) is 2. The van der Waals surface area contributed by atoms with Crippen molar-refractivity contribution >= 4 is 5.96 Å². The largest absolute Gasteiger partial charge is 0.383 e.